The van der Waals surface area contributed by atoms with Crippen molar-refractivity contribution in [1.29, 1.82) is 0 Å². The maximum absolute atomic E-state index is 2.47. The maximum atomic E-state index is 2.47. The molecule has 4 aromatic carbocycles. The molecule has 2 heteroatoms. The van der Waals surface area contributed by atoms with Gasteiger partial charge in [0.25, 0.3) is 0 Å². The summed E-state index contributed by atoms with van der Waals surface area (Å²) in [5, 5.41) is 8.51. The monoisotopic (exact) mass is 446 g/mol. The van der Waals surface area contributed by atoms with E-state index in [1.807, 2.05) is 11.8 Å². The second-order valence-electron chi connectivity index (χ2n) is 9.97. The number of benzene rings is 4. The molecule has 0 atom stereocenters. The summed E-state index contributed by atoms with van der Waals surface area (Å²) in [7, 11) is 2.22. The molecule has 0 bridgehead atoms. The van der Waals surface area contributed by atoms with E-state index in [2.05, 4.69) is 86.3 Å². The fourth-order valence-corrected chi connectivity index (χ4v) is 7.90. The number of aromatic nitrogens is 1. The second kappa shape index (κ2) is 7.08. The fraction of sp³-hybridized carbons (Fsp3) is 0.258. The molecule has 1 aromatic heterocycles. The van der Waals surface area contributed by atoms with Crippen LogP contribution in [0.2, 0.25) is 0 Å². The Morgan fingerprint density at radius 1 is 0.818 bits per heavy atom. The number of pyridine rings is 1. The average molecular weight is 447 g/mol. The summed E-state index contributed by atoms with van der Waals surface area (Å²) in [6.45, 7) is 4.62. The largest absolute Gasteiger partial charge is 0.222 e. The molecule has 5 aromatic rings. The standard InChI is InChI=1S/C31H28NS/c1-18-22-12-6-7-13-23(22)19(2)31-27(18)30-29-25(15-16-32(30)3)28-21(17-26(29)33-31)11-8-14-24(28)20-9-4-5-10-20/h6-8,11-17,20H,4-5,9-10H2,1-3H3/q+1. The van der Waals surface area contributed by atoms with E-state index in [1.54, 1.807) is 5.56 Å². The highest BCUT2D eigenvalue weighted by Crippen LogP contribution is 2.53. The van der Waals surface area contributed by atoms with Gasteiger partial charge in [-0.25, -0.2) is 4.57 Å². The molecule has 0 radical (unpaired) electrons. The molecule has 1 nitrogen and oxygen atoms in total. The van der Waals surface area contributed by atoms with Crippen LogP contribution < -0.4 is 4.57 Å². The van der Waals surface area contributed by atoms with Crippen LogP contribution in [-0.4, -0.2) is 0 Å². The zero-order chi connectivity index (χ0) is 22.3. The highest BCUT2D eigenvalue weighted by atomic mass is 32.2. The molecule has 0 saturated heterocycles. The highest BCUT2D eigenvalue weighted by molar-refractivity contribution is 8.00. The Labute approximate surface area is 199 Å². The van der Waals surface area contributed by atoms with Crippen molar-refractivity contribution in [1.82, 2.24) is 0 Å². The van der Waals surface area contributed by atoms with Crippen molar-refractivity contribution >= 4 is 44.1 Å². The minimum atomic E-state index is 0.705. The van der Waals surface area contributed by atoms with Gasteiger partial charge in [-0.3, -0.25) is 0 Å². The van der Waals surface area contributed by atoms with Gasteiger partial charge in [0.1, 0.15) is 7.05 Å². The topological polar surface area (TPSA) is 3.88 Å². The van der Waals surface area contributed by atoms with Crippen LogP contribution in [-0.2, 0) is 7.05 Å². The van der Waals surface area contributed by atoms with Crippen LogP contribution in [0.3, 0.4) is 0 Å². The van der Waals surface area contributed by atoms with E-state index in [4.69, 9.17) is 0 Å². The van der Waals surface area contributed by atoms with Crippen LogP contribution >= 0.6 is 11.8 Å². The lowest BCUT2D eigenvalue weighted by atomic mass is 9.87. The Morgan fingerprint density at radius 3 is 2.36 bits per heavy atom. The van der Waals surface area contributed by atoms with Gasteiger partial charge in [0.2, 0.25) is 5.69 Å². The van der Waals surface area contributed by atoms with Gasteiger partial charge in [-0.15, -0.1) is 0 Å². The molecule has 2 aliphatic rings. The molecule has 1 aliphatic carbocycles. The Morgan fingerprint density at radius 2 is 1.58 bits per heavy atom. The van der Waals surface area contributed by atoms with E-state index in [-0.39, 0.29) is 0 Å². The van der Waals surface area contributed by atoms with Crippen LogP contribution in [0.4, 0.5) is 0 Å². The SMILES string of the molecule is Cc1c2c(c(C)c3ccccc13)-c1c3c(cc4cccc(C5CCCC5)c4c3cc[n+]1C)S2. The van der Waals surface area contributed by atoms with Crippen LogP contribution in [0.15, 0.2) is 70.6 Å². The van der Waals surface area contributed by atoms with E-state index in [0.29, 0.717) is 5.92 Å². The number of hydrogen-bond acceptors (Lipinski definition) is 1. The third-order valence-corrected chi connectivity index (χ3v) is 9.43. The van der Waals surface area contributed by atoms with Gasteiger partial charge in [-0.1, -0.05) is 67.1 Å². The molecule has 7 rings (SSSR count). The van der Waals surface area contributed by atoms with E-state index >= 15 is 0 Å². The minimum absolute atomic E-state index is 0.705. The number of hydrogen-bond donors (Lipinski definition) is 0. The summed E-state index contributed by atoms with van der Waals surface area (Å²) in [6, 6.07) is 20.8. The first-order valence-electron chi connectivity index (χ1n) is 12.2. The van der Waals surface area contributed by atoms with Crippen molar-refractivity contribution < 1.29 is 4.57 Å². The van der Waals surface area contributed by atoms with Crippen molar-refractivity contribution in [2.24, 2.45) is 7.05 Å². The lowest BCUT2D eigenvalue weighted by Crippen LogP contribution is -2.32. The number of fused-ring (bicyclic) bond motifs is 5. The first-order chi connectivity index (χ1) is 16.1. The van der Waals surface area contributed by atoms with Gasteiger partial charge in [0.15, 0.2) is 6.20 Å². The van der Waals surface area contributed by atoms with Crippen molar-refractivity contribution in [3.63, 3.8) is 0 Å². The molecular formula is C31H28NS+. The van der Waals surface area contributed by atoms with Crippen LogP contribution in [0.25, 0.3) is 43.6 Å². The Bertz CT molecular complexity index is 1620. The fourth-order valence-electron chi connectivity index (χ4n) is 6.57. The minimum Gasteiger partial charge on any atom is -0.200 e. The van der Waals surface area contributed by atoms with Gasteiger partial charge in [0, 0.05) is 21.2 Å². The molecule has 1 aliphatic heterocycles. The summed E-state index contributed by atoms with van der Waals surface area (Å²) in [4.78, 5) is 2.82. The van der Waals surface area contributed by atoms with Gasteiger partial charge in [-0.05, 0) is 76.9 Å². The molecule has 162 valence electrons. The van der Waals surface area contributed by atoms with Crippen molar-refractivity contribution in [3.8, 4) is 11.3 Å². The molecule has 0 unspecified atom stereocenters. The quantitative estimate of drug-likeness (QED) is 0.181. The normalized spacial score (nSPS) is 15.6. The predicted molar refractivity (Wildman–Crippen MR) is 140 cm³/mol. The molecule has 1 saturated carbocycles. The molecule has 0 spiro atoms. The zero-order valence-corrected chi connectivity index (χ0v) is 20.4. The molecule has 33 heavy (non-hydrogen) atoms. The smallest absolute Gasteiger partial charge is 0.200 e. The summed E-state index contributed by atoms with van der Waals surface area (Å²) in [6.07, 6.45) is 7.68. The van der Waals surface area contributed by atoms with Crippen molar-refractivity contribution in [2.45, 2.75) is 55.2 Å². The van der Waals surface area contributed by atoms with E-state index in [9.17, 15) is 0 Å². The Hall–Kier alpha value is -2.84. The van der Waals surface area contributed by atoms with Gasteiger partial charge in [0.05, 0.1) is 10.9 Å². The highest BCUT2D eigenvalue weighted by Gasteiger charge is 2.32. The summed E-state index contributed by atoms with van der Waals surface area (Å²) >= 11 is 1.98. The third kappa shape index (κ3) is 2.65. The Kier molecular flexibility index (Phi) is 4.21. The lowest BCUT2D eigenvalue weighted by Gasteiger charge is -2.25. The molecular weight excluding hydrogens is 418 g/mol. The predicted octanol–water partition coefficient (Wildman–Crippen LogP) is 8.38. The Balaban J connectivity index is 1.65. The van der Waals surface area contributed by atoms with E-state index in [1.165, 1.54) is 90.2 Å². The number of rotatable bonds is 1. The second-order valence-corrected chi connectivity index (χ2v) is 11.0. The van der Waals surface area contributed by atoms with Gasteiger partial charge in [-0.2, -0.15) is 0 Å². The molecule has 1 fully saturated rings. The number of nitrogens with zero attached hydrogens (tertiary/aromatic N) is 1. The summed E-state index contributed by atoms with van der Waals surface area (Å²) in [5.74, 6) is 0.705. The average Bonchev–Trinajstić information content (AvgIpc) is 3.38. The first kappa shape index (κ1) is 19.6. The lowest BCUT2D eigenvalue weighted by molar-refractivity contribution is -0.659. The van der Waals surface area contributed by atoms with Gasteiger partial charge >= 0.3 is 0 Å². The summed E-state index contributed by atoms with van der Waals surface area (Å²) in [5.41, 5.74) is 7.18. The van der Waals surface area contributed by atoms with Crippen LogP contribution in [0, 0.1) is 13.8 Å². The third-order valence-electron chi connectivity index (χ3n) is 8.18. The molecule has 2 heterocycles. The molecule has 0 amide bonds. The van der Waals surface area contributed by atoms with Crippen LogP contribution in [0.5, 0.6) is 0 Å². The van der Waals surface area contributed by atoms with E-state index < -0.39 is 0 Å². The summed E-state index contributed by atoms with van der Waals surface area (Å²) < 4.78 is 2.36. The zero-order valence-electron chi connectivity index (χ0n) is 19.5. The van der Waals surface area contributed by atoms with Crippen molar-refractivity contribution in [3.05, 3.63) is 77.5 Å². The van der Waals surface area contributed by atoms with E-state index in [0.717, 1.165) is 0 Å². The van der Waals surface area contributed by atoms with Gasteiger partial charge < -0.3 is 0 Å². The van der Waals surface area contributed by atoms with Crippen LogP contribution in [0.1, 0.15) is 48.3 Å². The first-order valence-corrected chi connectivity index (χ1v) is 13.0. The maximum Gasteiger partial charge on any atom is 0.222 e. The molecule has 0 N–H and O–H groups in total. The van der Waals surface area contributed by atoms with Crippen molar-refractivity contribution in [2.75, 3.05) is 0 Å². The number of aryl methyl sites for hydroxylation is 3.